The number of carbonyl (C=O) groups excluding carboxylic acids is 4. The molecule has 0 aromatic carbocycles. The third-order valence-electron chi connectivity index (χ3n) is 18.8. The van der Waals surface area contributed by atoms with Crippen LogP contribution in [0.1, 0.15) is 113 Å². The van der Waals surface area contributed by atoms with Gasteiger partial charge in [-0.3, -0.25) is 19.2 Å². The number of aliphatic hydroxyl groups excluding tert-OH is 3. The van der Waals surface area contributed by atoms with Crippen LogP contribution in [0.2, 0.25) is 0 Å². The number of ether oxygens (including phenoxy) is 2. The first-order valence-corrected chi connectivity index (χ1v) is 22.4. The predicted octanol–water partition coefficient (Wildman–Crippen LogP) is 6.92. The third kappa shape index (κ3) is 5.42. The summed E-state index contributed by atoms with van der Waals surface area (Å²) in [7, 11) is 0. The number of alkyl halides is 3. The van der Waals surface area contributed by atoms with E-state index in [1.165, 1.54) is 12.2 Å². The highest BCUT2D eigenvalue weighted by atomic mass is 35.5. The van der Waals surface area contributed by atoms with Crippen LogP contribution in [0.5, 0.6) is 0 Å². The first kappa shape index (κ1) is 43.5. The molecular weight excluding hydrogens is 782 g/mol. The van der Waals surface area contributed by atoms with Gasteiger partial charge in [0.05, 0.1) is 24.2 Å². The summed E-state index contributed by atoms with van der Waals surface area (Å²) in [6.45, 7) is 15.0. The van der Waals surface area contributed by atoms with Crippen molar-refractivity contribution in [1.82, 2.24) is 0 Å². The molecule has 0 radical (unpaired) electrons. The first-order valence-electron chi connectivity index (χ1n) is 21.9. The minimum atomic E-state index is -1.86. The van der Waals surface area contributed by atoms with E-state index in [1.807, 2.05) is 41.5 Å². The molecule has 12 heteroatoms. The summed E-state index contributed by atoms with van der Waals surface area (Å²) < 4.78 is 45.1. The normalized spacial score (nSPS) is 52.6. The molecule has 0 bridgehead atoms. The molecule has 7 fully saturated rings. The highest BCUT2D eigenvalue weighted by Crippen LogP contribution is 2.74. The smallest absolute Gasteiger partial charge is 0.182 e. The summed E-state index contributed by atoms with van der Waals surface area (Å²) in [5.41, 5.74) is -5.31. The molecule has 326 valence electrons. The monoisotopic (exact) mass is 844 g/mol. The highest BCUT2D eigenvalue weighted by Gasteiger charge is 2.80. The molecule has 0 aromatic rings. The Bertz CT molecular complexity index is 1950. The van der Waals surface area contributed by atoms with E-state index in [1.54, 1.807) is 26.0 Å². The molecule has 1 aliphatic heterocycles. The topological polar surface area (TPSA) is 147 Å². The summed E-state index contributed by atoms with van der Waals surface area (Å²) in [6, 6.07) is 0. The Morgan fingerprint density at radius 1 is 0.915 bits per heavy atom. The summed E-state index contributed by atoms with van der Waals surface area (Å²) >= 11 is 6.05. The van der Waals surface area contributed by atoms with Crippen LogP contribution in [0.15, 0.2) is 35.5 Å². The number of hydrogen-bond donors (Lipinski definition) is 3. The fraction of sp³-hybridized carbons (Fsp3) is 0.787. The summed E-state index contributed by atoms with van der Waals surface area (Å²) in [5, 5.41) is 32.4. The zero-order valence-corrected chi connectivity index (χ0v) is 36.5. The summed E-state index contributed by atoms with van der Waals surface area (Å²) in [5.74, 6) is -2.61. The van der Waals surface area contributed by atoms with Crippen molar-refractivity contribution in [1.29, 1.82) is 0 Å². The summed E-state index contributed by atoms with van der Waals surface area (Å²) in [4.78, 5) is 49.8. The van der Waals surface area contributed by atoms with Gasteiger partial charge in [-0.2, -0.15) is 0 Å². The van der Waals surface area contributed by atoms with Gasteiger partial charge in [0.25, 0.3) is 0 Å². The fourth-order valence-corrected chi connectivity index (χ4v) is 16.2. The van der Waals surface area contributed by atoms with E-state index < -0.39 is 81.1 Å². The second kappa shape index (κ2) is 13.7. The Morgan fingerprint density at radius 3 is 2.27 bits per heavy atom. The number of fused-ring (bicyclic) bond motifs is 12. The van der Waals surface area contributed by atoms with E-state index in [2.05, 4.69) is 0 Å². The van der Waals surface area contributed by atoms with E-state index >= 15 is 8.78 Å². The lowest BCUT2D eigenvalue weighted by Gasteiger charge is -2.65. The Hall–Kier alpha value is -2.15. The molecular formula is C47H63ClF2O9. The Balaban J connectivity index is 0.000000165. The van der Waals surface area contributed by atoms with Gasteiger partial charge in [0.15, 0.2) is 34.5 Å². The van der Waals surface area contributed by atoms with Crippen LogP contribution in [0, 0.1) is 62.6 Å². The van der Waals surface area contributed by atoms with E-state index in [0.717, 1.165) is 12.0 Å². The van der Waals surface area contributed by atoms with Gasteiger partial charge in [0.1, 0.15) is 18.4 Å². The minimum absolute atomic E-state index is 0.0377. The van der Waals surface area contributed by atoms with Crippen LogP contribution in [0.3, 0.4) is 0 Å². The van der Waals surface area contributed by atoms with Gasteiger partial charge in [-0.05, 0) is 118 Å². The van der Waals surface area contributed by atoms with Crippen LogP contribution >= 0.6 is 11.6 Å². The SMILES string of the molecule is CC1(C)O[C@@H]2C[C@H]3C4CCC5=CC(=O)CCC5(C)[C@@]4(F)C(O)C[C@]3(C)[C@]2(C(=O)CCl)O1.C[C@@H]1C[C@H]2C3C[C@H](F)C4=CC(=O)C=CC4(C)[C@@]3(C)C(O)CC2(C)[C@H]1C(=O)CO. The molecule has 1 heterocycles. The summed E-state index contributed by atoms with van der Waals surface area (Å²) in [6.07, 6.45) is 6.56. The van der Waals surface area contributed by atoms with Crippen LogP contribution in [0.25, 0.3) is 0 Å². The lowest BCUT2D eigenvalue weighted by Crippen LogP contribution is -2.70. The van der Waals surface area contributed by atoms with Crippen molar-refractivity contribution in [2.75, 3.05) is 12.5 Å². The van der Waals surface area contributed by atoms with E-state index in [4.69, 9.17) is 21.1 Å². The third-order valence-corrected chi connectivity index (χ3v) is 19.0. The average molecular weight is 845 g/mol. The van der Waals surface area contributed by atoms with E-state index in [0.29, 0.717) is 44.1 Å². The van der Waals surface area contributed by atoms with Crippen LogP contribution in [-0.2, 0) is 28.7 Å². The van der Waals surface area contributed by atoms with Gasteiger partial charge in [-0.25, -0.2) is 8.78 Å². The molecule has 1 saturated heterocycles. The van der Waals surface area contributed by atoms with Crippen LogP contribution in [0.4, 0.5) is 8.78 Å². The number of hydrogen-bond acceptors (Lipinski definition) is 9. The number of halogens is 3. The first-order chi connectivity index (χ1) is 27.4. The van der Waals surface area contributed by atoms with Crippen LogP contribution < -0.4 is 0 Å². The molecule has 17 atom stereocenters. The van der Waals surface area contributed by atoms with Crippen molar-refractivity contribution in [2.24, 2.45) is 62.6 Å². The van der Waals surface area contributed by atoms with Gasteiger partial charge < -0.3 is 24.8 Å². The van der Waals surface area contributed by atoms with E-state index in [9.17, 15) is 34.5 Å². The van der Waals surface area contributed by atoms with Crippen molar-refractivity contribution >= 4 is 34.7 Å². The number of aliphatic hydroxyl groups is 3. The van der Waals surface area contributed by atoms with Crippen molar-refractivity contribution in [3.8, 4) is 0 Å². The van der Waals surface area contributed by atoms with Gasteiger partial charge in [-0.1, -0.05) is 53.2 Å². The second-order valence-corrected chi connectivity index (χ2v) is 21.8. The van der Waals surface area contributed by atoms with Gasteiger partial charge in [0, 0.05) is 39.9 Å². The Morgan fingerprint density at radius 2 is 1.61 bits per heavy atom. The number of Topliss-reactive ketones (excluding diaryl/α,β-unsaturated/α-hetero) is 2. The largest absolute Gasteiger partial charge is 0.392 e. The second-order valence-electron chi connectivity index (χ2n) is 21.5. The minimum Gasteiger partial charge on any atom is -0.392 e. The lowest BCUT2D eigenvalue weighted by molar-refractivity contribution is -0.250. The van der Waals surface area contributed by atoms with Crippen molar-refractivity contribution in [3.05, 3.63) is 35.5 Å². The number of carbonyl (C=O) groups is 4. The molecule has 8 aliphatic carbocycles. The quantitative estimate of drug-likeness (QED) is 0.257. The number of rotatable bonds is 4. The lowest BCUT2D eigenvalue weighted by atomic mass is 9.40. The molecule has 0 spiro atoms. The molecule has 9 rings (SSSR count). The van der Waals surface area contributed by atoms with Crippen LogP contribution in [-0.4, -0.2) is 92.5 Å². The average Bonchev–Trinajstić information content (AvgIpc) is 3.69. The Labute approximate surface area is 351 Å². The maximum Gasteiger partial charge on any atom is 0.182 e. The maximum atomic E-state index is 17.2. The zero-order valence-electron chi connectivity index (χ0n) is 35.8. The number of allylic oxidation sites excluding steroid dienone is 5. The van der Waals surface area contributed by atoms with Crippen molar-refractivity contribution in [2.45, 2.75) is 155 Å². The van der Waals surface area contributed by atoms with E-state index in [-0.39, 0.29) is 71.4 Å². The maximum absolute atomic E-state index is 17.2. The Kier molecular flexibility index (Phi) is 10.1. The van der Waals surface area contributed by atoms with Gasteiger partial charge in [-0.15, -0.1) is 11.6 Å². The molecule has 7 unspecified atom stereocenters. The molecule has 9 aliphatic rings. The standard InChI is InChI=1S/C24H32ClFO5.C23H31FO4/c1-20(2)30-19-10-16-15-6-5-13-9-14(27)7-8-21(13,3)23(15,26)17(28)11-22(16,4)24(19,31-20)18(29)12-25;1-12-7-14-15-9-17(24)16-8-13(26)5-6-22(16,3)23(15,4)19(28)10-21(14,2)20(12)18(27)11-25/h9,15-17,19,28H,5-8,10-12H2,1-4H3;5-6,8,12,14-15,17,19-20,25,28H,7,9-11H2,1-4H3/t15?,16-,17?,19+,21?,22-,23-,24+;12-,14+,15?,17+,19?,20-,21?,22?,23-/m01/s1. The molecule has 0 amide bonds. The number of ketones is 4. The zero-order chi connectivity index (χ0) is 43.3. The predicted molar refractivity (Wildman–Crippen MR) is 215 cm³/mol. The molecule has 9 nitrogen and oxygen atoms in total. The van der Waals surface area contributed by atoms with Crippen molar-refractivity contribution < 1.29 is 52.8 Å². The molecule has 6 saturated carbocycles. The highest BCUT2D eigenvalue weighted by molar-refractivity contribution is 6.29. The molecule has 0 aromatic heterocycles. The van der Waals surface area contributed by atoms with Gasteiger partial charge in [0.2, 0.25) is 0 Å². The van der Waals surface area contributed by atoms with Crippen molar-refractivity contribution in [3.63, 3.8) is 0 Å². The fourth-order valence-electron chi connectivity index (χ4n) is 16.0. The molecule has 59 heavy (non-hydrogen) atoms. The van der Waals surface area contributed by atoms with Gasteiger partial charge >= 0.3 is 0 Å². The molecule has 3 N–H and O–H groups in total.